The van der Waals surface area contributed by atoms with Crippen molar-refractivity contribution in [3.05, 3.63) is 34.4 Å². The number of nitrogens with zero attached hydrogens (tertiary/aromatic N) is 2. The average Bonchev–Trinajstić information content (AvgIpc) is 2.29. The number of anilines is 1. The Bertz CT molecular complexity index is 347. The SMILES string of the molecule is CCCN(CCC)c1cccc([N+](=O)[O-])c1. The molecule has 0 aliphatic carbocycles. The van der Waals surface area contributed by atoms with E-state index < -0.39 is 0 Å². The van der Waals surface area contributed by atoms with Crippen LogP contribution >= 0.6 is 0 Å². The molecule has 0 unspecified atom stereocenters. The van der Waals surface area contributed by atoms with Gasteiger partial charge < -0.3 is 4.90 Å². The molecule has 0 aromatic heterocycles. The van der Waals surface area contributed by atoms with Gasteiger partial charge in [-0.25, -0.2) is 0 Å². The van der Waals surface area contributed by atoms with Crippen molar-refractivity contribution < 1.29 is 4.92 Å². The Kier molecular flexibility index (Phi) is 4.76. The molecule has 88 valence electrons. The molecule has 1 rings (SSSR count). The van der Waals surface area contributed by atoms with E-state index >= 15 is 0 Å². The van der Waals surface area contributed by atoms with Gasteiger partial charge in [-0.2, -0.15) is 0 Å². The van der Waals surface area contributed by atoms with Crippen molar-refractivity contribution in [3.8, 4) is 0 Å². The van der Waals surface area contributed by atoms with Crippen LogP contribution in [-0.2, 0) is 0 Å². The summed E-state index contributed by atoms with van der Waals surface area (Å²) < 4.78 is 0. The molecule has 4 nitrogen and oxygen atoms in total. The number of hydrogen-bond acceptors (Lipinski definition) is 3. The van der Waals surface area contributed by atoms with E-state index in [1.807, 2.05) is 6.07 Å². The summed E-state index contributed by atoms with van der Waals surface area (Å²) in [6.45, 7) is 6.10. The van der Waals surface area contributed by atoms with Gasteiger partial charge in [0.2, 0.25) is 0 Å². The summed E-state index contributed by atoms with van der Waals surface area (Å²) in [5.41, 5.74) is 1.10. The molecule has 1 aromatic carbocycles. The van der Waals surface area contributed by atoms with Crippen molar-refractivity contribution in [3.63, 3.8) is 0 Å². The minimum atomic E-state index is -0.348. The number of benzene rings is 1. The summed E-state index contributed by atoms with van der Waals surface area (Å²) >= 11 is 0. The summed E-state index contributed by atoms with van der Waals surface area (Å²) in [6.07, 6.45) is 2.09. The highest BCUT2D eigenvalue weighted by Crippen LogP contribution is 2.21. The third-order valence-corrected chi connectivity index (χ3v) is 2.39. The van der Waals surface area contributed by atoms with Crippen molar-refractivity contribution in [1.29, 1.82) is 0 Å². The third-order valence-electron chi connectivity index (χ3n) is 2.39. The Morgan fingerprint density at radius 2 is 1.88 bits per heavy atom. The maximum atomic E-state index is 10.7. The molecule has 0 fully saturated rings. The van der Waals surface area contributed by atoms with Gasteiger partial charge in [0.25, 0.3) is 5.69 Å². The van der Waals surface area contributed by atoms with Crippen LogP contribution in [0.2, 0.25) is 0 Å². The molecule has 0 aliphatic rings. The van der Waals surface area contributed by atoms with E-state index in [4.69, 9.17) is 0 Å². The molecular formula is C12H18N2O2. The van der Waals surface area contributed by atoms with Crippen molar-refractivity contribution in [2.45, 2.75) is 26.7 Å². The van der Waals surface area contributed by atoms with Crippen molar-refractivity contribution in [2.75, 3.05) is 18.0 Å². The first-order valence-corrected chi connectivity index (χ1v) is 5.68. The van der Waals surface area contributed by atoms with E-state index in [-0.39, 0.29) is 10.6 Å². The molecule has 1 aromatic rings. The standard InChI is InChI=1S/C12H18N2O2/c1-3-8-13(9-4-2)11-6-5-7-12(10-11)14(15)16/h5-7,10H,3-4,8-9H2,1-2H3. The molecular weight excluding hydrogens is 204 g/mol. The Morgan fingerprint density at radius 3 is 2.38 bits per heavy atom. The number of nitro benzene ring substituents is 1. The first-order chi connectivity index (χ1) is 7.69. The highest BCUT2D eigenvalue weighted by Gasteiger charge is 2.09. The molecule has 0 spiro atoms. The summed E-state index contributed by atoms with van der Waals surface area (Å²) in [6, 6.07) is 6.84. The largest absolute Gasteiger partial charge is 0.371 e. The smallest absolute Gasteiger partial charge is 0.271 e. The van der Waals surface area contributed by atoms with E-state index in [0.29, 0.717) is 0 Å². The van der Waals surface area contributed by atoms with Crippen LogP contribution in [0.25, 0.3) is 0 Å². The van der Waals surface area contributed by atoms with Crippen molar-refractivity contribution in [1.82, 2.24) is 0 Å². The van der Waals surface area contributed by atoms with Gasteiger partial charge in [-0.3, -0.25) is 10.1 Å². The third kappa shape index (κ3) is 3.22. The van der Waals surface area contributed by atoms with Crippen molar-refractivity contribution in [2.24, 2.45) is 0 Å². The van der Waals surface area contributed by atoms with Crippen molar-refractivity contribution >= 4 is 11.4 Å². The summed E-state index contributed by atoms with van der Waals surface area (Å²) in [5.74, 6) is 0. The number of rotatable bonds is 6. The molecule has 0 saturated carbocycles. The van der Waals surface area contributed by atoms with Gasteiger partial charge in [-0.05, 0) is 18.9 Å². The molecule has 0 aliphatic heterocycles. The number of non-ortho nitro benzene ring substituents is 1. The molecule has 4 heteroatoms. The van der Waals surface area contributed by atoms with Gasteiger partial charge >= 0.3 is 0 Å². The van der Waals surface area contributed by atoms with Crippen LogP contribution in [0.4, 0.5) is 11.4 Å². The topological polar surface area (TPSA) is 46.4 Å². The van der Waals surface area contributed by atoms with E-state index in [2.05, 4.69) is 18.7 Å². The van der Waals surface area contributed by atoms with Gasteiger partial charge in [0.15, 0.2) is 0 Å². The predicted molar refractivity (Wildman–Crippen MR) is 65.9 cm³/mol. The maximum Gasteiger partial charge on any atom is 0.271 e. The minimum Gasteiger partial charge on any atom is -0.371 e. The highest BCUT2D eigenvalue weighted by molar-refractivity contribution is 5.53. The fraction of sp³-hybridized carbons (Fsp3) is 0.500. The number of nitro groups is 1. The second-order valence-electron chi connectivity index (χ2n) is 3.76. The Hall–Kier alpha value is -1.58. The Morgan fingerprint density at radius 1 is 1.25 bits per heavy atom. The molecule has 0 radical (unpaired) electrons. The zero-order valence-electron chi connectivity index (χ0n) is 9.85. The van der Waals surface area contributed by atoms with Crippen LogP contribution < -0.4 is 4.90 Å². The van der Waals surface area contributed by atoms with Gasteiger partial charge in [0.1, 0.15) is 0 Å². The first-order valence-electron chi connectivity index (χ1n) is 5.68. The van der Waals surface area contributed by atoms with E-state index in [1.54, 1.807) is 12.1 Å². The lowest BCUT2D eigenvalue weighted by Crippen LogP contribution is -2.24. The molecule has 0 amide bonds. The van der Waals surface area contributed by atoms with Crippen LogP contribution in [0.15, 0.2) is 24.3 Å². The number of hydrogen-bond donors (Lipinski definition) is 0. The first kappa shape index (κ1) is 12.5. The summed E-state index contributed by atoms with van der Waals surface area (Å²) in [4.78, 5) is 12.5. The van der Waals surface area contributed by atoms with E-state index in [9.17, 15) is 10.1 Å². The fourth-order valence-electron chi connectivity index (χ4n) is 1.71. The molecule has 0 bridgehead atoms. The fourth-order valence-corrected chi connectivity index (χ4v) is 1.71. The maximum absolute atomic E-state index is 10.7. The van der Waals surface area contributed by atoms with Crippen LogP contribution in [0.3, 0.4) is 0 Å². The van der Waals surface area contributed by atoms with E-state index in [0.717, 1.165) is 31.6 Å². The molecule has 16 heavy (non-hydrogen) atoms. The lowest BCUT2D eigenvalue weighted by atomic mass is 10.2. The minimum absolute atomic E-state index is 0.162. The van der Waals surface area contributed by atoms with Crippen LogP contribution in [0.5, 0.6) is 0 Å². The van der Waals surface area contributed by atoms with E-state index in [1.165, 1.54) is 6.07 Å². The molecule has 0 atom stereocenters. The average molecular weight is 222 g/mol. The zero-order chi connectivity index (χ0) is 12.0. The lowest BCUT2D eigenvalue weighted by molar-refractivity contribution is -0.384. The summed E-state index contributed by atoms with van der Waals surface area (Å²) in [5, 5.41) is 10.7. The van der Waals surface area contributed by atoms with Gasteiger partial charge in [-0.1, -0.05) is 19.9 Å². The van der Waals surface area contributed by atoms with Crippen LogP contribution in [0.1, 0.15) is 26.7 Å². The quantitative estimate of drug-likeness (QED) is 0.548. The molecule has 0 heterocycles. The normalized spacial score (nSPS) is 10.1. The van der Waals surface area contributed by atoms with Crippen LogP contribution in [-0.4, -0.2) is 18.0 Å². The highest BCUT2D eigenvalue weighted by atomic mass is 16.6. The Labute approximate surface area is 96.0 Å². The second kappa shape index (κ2) is 6.10. The lowest BCUT2D eigenvalue weighted by Gasteiger charge is -2.23. The predicted octanol–water partition coefficient (Wildman–Crippen LogP) is 3.22. The zero-order valence-corrected chi connectivity index (χ0v) is 9.85. The summed E-state index contributed by atoms with van der Waals surface area (Å²) in [7, 11) is 0. The van der Waals surface area contributed by atoms with Gasteiger partial charge in [-0.15, -0.1) is 0 Å². The second-order valence-corrected chi connectivity index (χ2v) is 3.76. The Balaban J connectivity index is 2.90. The van der Waals surface area contributed by atoms with Gasteiger partial charge in [0, 0.05) is 30.9 Å². The monoisotopic (exact) mass is 222 g/mol. The van der Waals surface area contributed by atoms with Gasteiger partial charge in [0.05, 0.1) is 4.92 Å². The molecule has 0 saturated heterocycles. The van der Waals surface area contributed by atoms with Crippen LogP contribution in [0, 0.1) is 10.1 Å². The molecule has 0 N–H and O–H groups in total.